The summed E-state index contributed by atoms with van der Waals surface area (Å²) in [6, 6.07) is 9.84. The topological polar surface area (TPSA) is 66.4 Å². The Hall–Kier alpha value is -1.84. The molecule has 4 nitrogen and oxygen atoms in total. The van der Waals surface area contributed by atoms with Crippen molar-refractivity contribution in [2.24, 2.45) is 23.7 Å². The molecule has 118 valence electrons. The van der Waals surface area contributed by atoms with Crippen LogP contribution in [0.3, 0.4) is 0 Å². The first-order valence-electron chi connectivity index (χ1n) is 8.20. The molecule has 0 aromatic heterocycles. The van der Waals surface area contributed by atoms with Gasteiger partial charge in [-0.25, -0.2) is 0 Å². The number of nitrogens with one attached hydrogen (secondary N) is 1. The molecule has 0 spiro atoms. The molecule has 2 aliphatic carbocycles. The number of carboxylic acids is 1. The predicted octanol–water partition coefficient (Wildman–Crippen LogP) is 3.00. The second kappa shape index (κ2) is 6.11. The Kier molecular flexibility index (Phi) is 4.19. The van der Waals surface area contributed by atoms with Gasteiger partial charge in [-0.15, -0.1) is 0 Å². The van der Waals surface area contributed by atoms with Crippen molar-refractivity contribution < 1.29 is 14.7 Å². The zero-order chi connectivity index (χ0) is 15.7. The Balaban J connectivity index is 1.74. The van der Waals surface area contributed by atoms with Gasteiger partial charge in [0.15, 0.2) is 0 Å². The van der Waals surface area contributed by atoms with Gasteiger partial charge in [-0.3, -0.25) is 9.59 Å². The summed E-state index contributed by atoms with van der Waals surface area (Å²) < 4.78 is 0. The number of rotatable bonds is 5. The van der Waals surface area contributed by atoms with Crippen molar-refractivity contribution >= 4 is 11.9 Å². The highest BCUT2D eigenvalue weighted by Gasteiger charge is 2.54. The van der Waals surface area contributed by atoms with Crippen LogP contribution in [-0.2, 0) is 9.59 Å². The molecule has 2 aliphatic rings. The van der Waals surface area contributed by atoms with E-state index < -0.39 is 11.9 Å². The lowest BCUT2D eigenvalue weighted by Crippen LogP contribution is -2.42. The lowest BCUT2D eigenvalue weighted by atomic mass is 9.78. The molecule has 1 aromatic rings. The third kappa shape index (κ3) is 2.62. The number of fused-ring (bicyclic) bond motifs is 2. The summed E-state index contributed by atoms with van der Waals surface area (Å²) in [5, 5.41) is 12.6. The maximum Gasteiger partial charge on any atom is 0.307 e. The summed E-state index contributed by atoms with van der Waals surface area (Å²) in [7, 11) is 0. The van der Waals surface area contributed by atoms with Crippen LogP contribution in [0.15, 0.2) is 30.3 Å². The Labute approximate surface area is 130 Å². The summed E-state index contributed by atoms with van der Waals surface area (Å²) >= 11 is 0. The predicted molar refractivity (Wildman–Crippen MR) is 83.1 cm³/mol. The van der Waals surface area contributed by atoms with Crippen LogP contribution in [0.2, 0.25) is 0 Å². The molecule has 0 radical (unpaired) electrons. The Morgan fingerprint density at radius 2 is 1.82 bits per heavy atom. The van der Waals surface area contributed by atoms with Gasteiger partial charge in [0.25, 0.3) is 0 Å². The molecule has 22 heavy (non-hydrogen) atoms. The van der Waals surface area contributed by atoms with Crippen LogP contribution in [0, 0.1) is 23.7 Å². The van der Waals surface area contributed by atoms with Crippen LogP contribution in [0.1, 0.15) is 44.2 Å². The lowest BCUT2D eigenvalue weighted by Gasteiger charge is -2.29. The van der Waals surface area contributed by atoms with E-state index in [1.807, 2.05) is 37.3 Å². The lowest BCUT2D eigenvalue weighted by molar-refractivity contribution is -0.149. The quantitative estimate of drug-likeness (QED) is 0.878. The Bertz CT molecular complexity index is 557. The standard InChI is InChI=1S/C18H23NO3/c1-2-14(11-6-4-3-5-7-11)19-17(20)15-12-8-9-13(10-12)16(15)18(21)22/h3-7,12-16H,2,8-10H2,1H3,(H,19,20)(H,21,22)/t12-,13-,14-,15-,16+/m0/s1. The number of hydrogen-bond acceptors (Lipinski definition) is 2. The fraction of sp³-hybridized carbons (Fsp3) is 0.556. The van der Waals surface area contributed by atoms with Crippen molar-refractivity contribution in [1.82, 2.24) is 5.32 Å². The van der Waals surface area contributed by atoms with Crippen LogP contribution in [0.25, 0.3) is 0 Å². The van der Waals surface area contributed by atoms with Gasteiger partial charge in [0.05, 0.1) is 17.9 Å². The average Bonchev–Trinajstić information content (AvgIpc) is 3.14. The van der Waals surface area contributed by atoms with Crippen LogP contribution >= 0.6 is 0 Å². The van der Waals surface area contributed by atoms with Gasteiger partial charge in [0, 0.05) is 0 Å². The van der Waals surface area contributed by atoms with Crippen LogP contribution in [-0.4, -0.2) is 17.0 Å². The maximum atomic E-state index is 12.7. The molecule has 2 N–H and O–H groups in total. The van der Waals surface area contributed by atoms with Crippen molar-refractivity contribution in [2.75, 3.05) is 0 Å². The number of aliphatic carboxylic acids is 1. The number of carbonyl (C=O) groups excluding carboxylic acids is 1. The summed E-state index contributed by atoms with van der Waals surface area (Å²) in [6.07, 6.45) is 3.65. The average molecular weight is 301 g/mol. The minimum absolute atomic E-state index is 0.0396. The molecule has 5 atom stereocenters. The molecule has 0 unspecified atom stereocenters. The first-order valence-corrected chi connectivity index (χ1v) is 8.20. The van der Waals surface area contributed by atoms with E-state index in [9.17, 15) is 14.7 Å². The second-order valence-electron chi connectivity index (χ2n) is 6.60. The molecular weight excluding hydrogens is 278 g/mol. The molecule has 4 heteroatoms. The minimum Gasteiger partial charge on any atom is -0.481 e. The minimum atomic E-state index is -0.805. The molecule has 2 saturated carbocycles. The van der Waals surface area contributed by atoms with Crippen molar-refractivity contribution in [2.45, 2.75) is 38.6 Å². The molecule has 0 heterocycles. The van der Waals surface area contributed by atoms with E-state index in [4.69, 9.17) is 0 Å². The van der Waals surface area contributed by atoms with Gasteiger partial charge in [0.2, 0.25) is 5.91 Å². The summed E-state index contributed by atoms with van der Waals surface area (Å²) in [4.78, 5) is 24.3. The summed E-state index contributed by atoms with van der Waals surface area (Å²) in [5.74, 6) is -1.29. The summed E-state index contributed by atoms with van der Waals surface area (Å²) in [6.45, 7) is 2.04. The highest BCUT2D eigenvalue weighted by atomic mass is 16.4. The zero-order valence-electron chi connectivity index (χ0n) is 12.9. The normalized spacial score (nSPS) is 31.0. The van der Waals surface area contributed by atoms with Crippen molar-refractivity contribution in [3.63, 3.8) is 0 Å². The van der Waals surface area contributed by atoms with Crippen molar-refractivity contribution in [3.8, 4) is 0 Å². The fourth-order valence-corrected chi connectivity index (χ4v) is 4.40. The number of hydrogen-bond donors (Lipinski definition) is 2. The van der Waals surface area contributed by atoms with Gasteiger partial charge in [-0.1, -0.05) is 37.3 Å². The van der Waals surface area contributed by atoms with Gasteiger partial charge < -0.3 is 10.4 Å². The molecule has 3 rings (SSSR count). The van der Waals surface area contributed by atoms with E-state index in [0.717, 1.165) is 31.2 Å². The zero-order valence-corrected chi connectivity index (χ0v) is 12.9. The fourth-order valence-electron chi connectivity index (χ4n) is 4.40. The number of carboxylic acid groups (broad SMARTS) is 1. The van der Waals surface area contributed by atoms with Crippen LogP contribution in [0.4, 0.5) is 0 Å². The number of carbonyl (C=O) groups is 2. The van der Waals surface area contributed by atoms with Gasteiger partial charge >= 0.3 is 5.97 Å². The number of amides is 1. The molecule has 2 bridgehead atoms. The van der Waals surface area contributed by atoms with Crippen molar-refractivity contribution in [3.05, 3.63) is 35.9 Å². The first kappa shape index (κ1) is 15.1. The first-order chi connectivity index (χ1) is 10.6. The molecule has 0 saturated heterocycles. The van der Waals surface area contributed by atoms with E-state index in [-0.39, 0.29) is 29.7 Å². The SMILES string of the molecule is CC[C@H](NC(=O)[C@H]1[C@H]2CC[C@@H](C2)[C@H]1C(=O)O)c1ccccc1. The highest BCUT2D eigenvalue weighted by Crippen LogP contribution is 2.52. The van der Waals surface area contributed by atoms with E-state index in [0.29, 0.717) is 0 Å². The van der Waals surface area contributed by atoms with E-state index in [1.165, 1.54) is 0 Å². The van der Waals surface area contributed by atoms with Gasteiger partial charge in [-0.2, -0.15) is 0 Å². The van der Waals surface area contributed by atoms with E-state index in [2.05, 4.69) is 5.32 Å². The monoisotopic (exact) mass is 301 g/mol. The van der Waals surface area contributed by atoms with E-state index >= 15 is 0 Å². The second-order valence-corrected chi connectivity index (χ2v) is 6.60. The maximum absolute atomic E-state index is 12.7. The third-order valence-electron chi connectivity index (χ3n) is 5.43. The Morgan fingerprint density at radius 3 is 2.41 bits per heavy atom. The molecule has 1 aromatic carbocycles. The molecular formula is C18H23NO3. The summed E-state index contributed by atoms with van der Waals surface area (Å²) in [5.41, 5.74) is 1.08. The third-order valence-corrected chi connectivity index (χ3v) is 5.43. The number of benzene rings is 1. The van der Waals surface area contributed by atoms with Gasteiger partial charge in [-0.05, 0) is 43.1 Å². The molecule has 1 amide bonds. The largest absolute Gasteiger partial charge is 0.481 e. The van der Waals surface area contributed by atoms with Crippen LogP contribution in [0.5, 0.6) is 0 Å². The smallest absolute Gasteiger partial charge is 0.307 e. The molecule has 0 aliphatic heterocycles. The van der Waals surface area contributed by atoms with E-state index in [1.54, 1.807) is 0 Å². The van der Waals surface area contributed by atoms with Gasteiger partial charge in [0.1, 0.15) is 0 Å². The van der Waals surface area contributed by atoms with Crippen molar-refractivity contribution in [1.29, 1.82) is 0 Å². The Morgan fingerprint density at radius 1 is 1.18 bits per heavy atom. The highest BCUT2D eigenvalue weighted by molar-refractivity contribution is 5.86. The van der Waals surface area contributed by atoms with Crippen LogP contribution < -0.4 is 5.32 Å². The molecule has 2 fully saturated rings.